The number of carboxylic acid groups (broad SMARTS) is 1. The van der Waals surface area contributed by atoms with Gasteiger partial charge in [0.25, 0.3) is 11.2 Å². The van der Waals surface area contributed by atoms with E-state index in [0.29, 0.717) is 22.2 Å². The second-order valence-corrected chi connectivity index (χ2v) is 5.18. The Morgan fingerprint density at radius 1 is 1.05 bits per heavy atom. The van der Waals surface area contributed by atoms with Gasteiger partial charge in [-0.25, -0.2) is 4.79 Å². The highest BCUT2D eigenvalue weighted by atomic mass is 35.5. The number of carboxylic acids is 1. The Morgan fingerprint density at radius 2 is 1.82 bits per heavy atom. The zero-order valence-corrected chi connectivity index (χ0v) is 11.9. The fraction of sp³-hybridized carbons (Fsp3) is 0. The van der Waals surface area contributed by atoms with E-state index in [1.54, 1.807) is 24.3 Å². The van der Waals surface area contributed by atoms with Crippen LogP contribution >= 0.6 is 11.6 Å². The number of fused-ring (bicyclic) bond motifs is 1. The first-order valence-electron chi connectivity index (χ1n) is 6.37. The molecular weight excluding hydrogens is 306 g/mol. The SMILES string of the molecule is O=C(O)c1ccc(-c2ccc3cc(O)ccc3[n+]2O)c(Cl)c1. The van der Waals surface area contributed by atoms with E-state index in [1.807, 2.05) is 0 Å². The number of hydrogen-bond donors (Lipinski definition) is 3. The molecule has 22 heavy (non-hydrogen) atoms. The first-order chi connectivity index (χ1) is 10.5. The van der Waals surface area contributed by atoms with Crippen LogP contribution in [-0.2, 0) is 0 Å². The van der Waals surface area contributed by atoms with E-state index < -0.39 is 5.97 Å². The normalized spacial score (nSPS) is 10.8. The second kappa shape index (κ2) is 5.20. The van der Waals surface area contributed by atoms with Crippen molar-refractivity contribution < 1.29 is 24.9 Å². The van der Waals surface area contributed by atoms with E-state index in [2.05, 4.69) is 0 Å². The van der Waals surface area contributed by atoms with Crippen LogP contribution < -0.4 is 4.73 Å². The molecule has 3 N–H and O–H groups in total. The van der Waals surface area contributed by atoms with Crippen molar-refractivity contribution in [3.05, 3.63) is 59.1 Å². The maximum atomic E-state index is 10.9. The van der Waals surface area contributed by atoms with E-state index in [1.165, 1.54) is 24.3 Å². The molecule has 0 aliphatic carbocycles. The van der Waals surface area contributed by atoms with E-state index in [-0.39, 0.29) is 16.3 Å². The lowest BCUT2D eigenvalue weighted by atomic mass is 10.1. The number of phenols is 1. The van der Waals surface area contributed by atoms with E-state index in [9.17, 15) is 15.1 Å². The summed E-state index contributed by atoms with van der Waals surface area (Å²) in [6.07, 6.45) is 0. The Bertz CT molecular complexity index is 908. The third-order valence-corrected chi connectivity index (χ3v) is 3.69. The molecule has 0 amide bonds. The van der Waals surface area contributed by atoms with Gasteiger partial charge in [-0.3, -0.25) is 5.21 Å². The number of halogens is 1. The monoisotopic (exact) mass is 316 g/mol. The van der Waals surface area contributed by atoms with Gasteiger partial charge in [-0.2, -0.15) is 0 Å². The number of rotatable bonds is 2. The van der Waals surface area contributed by atoms with E-state index >= 15 is 0 Å². The number of benzene rings is 2. The number of aromatic carboxylic acids is 1. The van der Waals surface area contributed by atoms with Crippen molar-refractivity contribution in [2.45, 2.75) is 0 Å². The van der Waals surface area contributed by atoms with Gasteiger partial charge in [0.2, 0.25) is 0 Å². The highest BCUT2D eigenvalue weighted by Gasteiger charge is 2.20. The minimum atomic E-state index is -1.07. The van der Waals surface area contributed by atoms with Gasteiger partial charge in [0.15, 0.2) is 0 Å². The topological polar surface area (TPSA) is 81.6 Å². The molecule has 0 atom stereocenters. The van der Waals surface area contributed by atoms with Gasteiger partial charge in [0.05, 0.1) is 21.5 Å². The summed E-state index contributed by atoms with van der Waals surface area (Å²) in [5.41, 5.74) is 1.49. The molecule has 0 spiro atoms. The molecule has 0 aliphatic heterocycles. The smallest absolute Gasteiger partial charge is 0.335 e. The predicted molar refractivity (Wildman–Crippen MR) is 80.4 cm³/mol. The van der Waals surface area contributed by atoms with Crippen LogP contribution in [0.15, 0.2) is 48.5 Å². The Hall–Kier alpha value is -2.79. The van der Waals surface area contributed by atoms with Crippen molar-refractivity contribution in [3.63, 3.8) is 0 Å². The molecule has 0 fully saturated rings. The number of phenolic OH excluding ortho intramolecular Hbond substituents is 1. The maximum Gasteiger partial charge on any atom is 0.335 e. The van der Waals surface area contributed by atoms with Gasteiger partial charge in [0.1, 0.15) is 5.75 Å². The van der Waals surface area contributed by atoms with Crippen LogP contribution in [-0.4, -0.2) is 21.4 Å². The lowest BCUT2D eigenvalue weighted by Crippen LogP contribution is -2.33. The summed E-state index contributed by atoms with van der Waals surface area (Å²) in [4.78, 5) is 10.9. The Labute approximate surface area is 130 Å². The molecule has 0 aliphatic rings. The van der Waals surface area contributed by atoms with Crippen LogP contribution in [0.2, 0.25) is 5.02 Å². The van der Waals surface area contributed by atoms with Crippen molar-refractivity contribution in [1.29, 1.82) is 0 Å². The molecule has 0 saturated carbocycles. The molecule has 6 heteroatoms. The fourth-order valence-electron chi connectivity index (χ4n) is 2.30. The Kier molecular flexibility index (Phi) is 3.35. The van der Waals surface area contributed by atoms with E-state index in [4.69, 9.17) is 16.7 Å². The van der Waals surface area contributed by atoms with Crippen LogP contribution in [0.25, 0.3) is 22.2 Å². The number of aromatic hydroxyl groups is 1. The predicted octanol–water partition coefficient (Wildman–Crippen LogP) is 3.09. The van der Waals surface area contributed by atoms with E-state index in [0.717, 1.165) is 4.73 Å². The number of pyridine rings is 1. The summed E-state index contributed by atoms with van der Waals surface area (Å²) in [5, 5.41) is 29.7. The van der Waals surface area contributed by atoms with Gasteiger partial charge in [-0.1, -0.05) is 11.6 Å². The molecular formula is C16H11ClNO4+. The van der Waals surface area contributed by atoms with Crippen LogP contribution in [0, 0.1) is 0 Å². The van der Waals surface area contributed by atoms with Gasteiger partial charge in [0, 0.05) is 16.9 Å². The molecule has 5 nitrogen and oxygen atoms in total. The summed E-state index contributed by atoms with van der Waals surface area (Å²) >= 11 is 6.13. The molecule has 0 unspecified atom stereocenters. The third kappa shape index (κ3) is 2.31. The minimum Gasteiger partial charge on any atom is -0.508 e. The van der Waals surface area contributed by atoms with Crippen molar-refractivity contribution in [1.82, 2.24) is 0 Å². The highest BCUT2D eigenvalue weighted by molar-refractivity contribution is 6.33. The second-order valence-electron chi connectivity index (χ2n) is 4.77. The zero-order valence-electron chi connectivity index (χ0n) is 11.2. The summed E-state index contributed by atoms with van der Waals surface area (Å²) in [6.45, 7) is 0. The number of hydrogen-bond acceptors (Lipinski definition) is 3. The van der Waals surface area contributed by atoms with Gasteiger partial charge < -0.3 is 10.2 Å². The molecule has 0 bridgehead atoms. The summed E-state index contributed by atoms with van der Waals surface area (Å²) in [5.74, 6) is -0.969. The van der Waals surface area contributed by atoms with Crippen LogP contribution in [0.3, 0.4) is 0 Å². The van der Waals surface area contributed by atoms with Gasteiger partial charge >= 0.3 is 5.97 Å². The number of carbonyl (C=O) groups is 1. The van der Waals surface area contributed by atoms with Gasteiger partial charge in [-0.15, -0.1) is 0 Å². The maximum absolute atomic E-state index is 10.9. The van der Waals surface area contributed by atoms with Crippen LogP contribution in [0.1, 0.15) is 10.4 Å². The van der Waals surface area contributed by atoms with Crippen molar-refractivity contribution >= 4 is 28.5 Å². The van der Waals surface area contributed by atoms with Crippen molar-refractivity contribution in [2.24, 2.45) is 0 Å². The Balaban J connectivity index is 2.20. The minimum absolute atomic E-state index is 0.0731. The molecule has 0 radical (unpaired) electrons. The highest BCUT2D eigenvalue weighted by Crippen LogP contribution is 2.28. The van der Waals surface area contributed by atoms with Crippen LogP contribution in [0.5, 0.6) is 5.75 Å². The average molecular weight is 317 g/mol. The molecule has 0 saturated heterocycles. The molecule has 1 aromatic heterocycles. The molecule has 3 rings (SSSR count). The lowest BCUT2D eigenvalue weighted by Gasteiger charge is -2.04. The van der Waals surface area contributed by atoms with Gasteiger partial charge in [-0.05, 0) is 36.4 Å². The van der Waals surface area contributed by atoms with Crippen LogP contribution in [0.4, 0.5) is 0 Å². The average Bonchev–Trinajstić information content (AvgIpc) is 2.48. The Morgan fingerprint density at radius 3 is 2.50 bits per heavy atom. The summed E-state index contributed by atoms with van der Waals surface area (Å²) in [7, 11) is 0. The quantitative estimate of drug-likeness (QED) is 0.501. The number of aromatic nitrogens is 1. The lowest BCUT2D eigenvalue weighted by molar-refractivity contribution is -0.876. The molecule has 2 aromatic carbocycles. The number of nitrogens with zero attached hydrogens (tertiary/aromatic N) is 1. The summed E-state index contributed by atoms with van der Waals surface area (Å²) in [6, 6.07) is 12.2. The first kappa shape index (κ1) is 14.2. The zero-order chi connectivity index (χ0) is 15.9. The van der Waals surface area contributed by atoms with Crippen molar-refractivity contribution in [2.75, 3.05) is 0 Å². The standard InChI is InChI=1S/C16H10ClNO4/c17-13-8-10(16(20)21)1-4-12(13)15-5-2-9-7-11(19)3-6-14(9)18(15)22/h1-8H,(H2-,19,20,21,22)/p+1. The summed E-state index contributed by atoms with van der Waals surface area (Å²) < 4.78 is 0.955. The van der Waals surface area contributed by atoms with Crippen molar-refractivity contribution in [3.8, 4) is 17.0 Å². The molecule has 1 heterocycles. The molecule has 110 valence electrons. The third-order valence-electron chi connectivity index (χ3n) is 3.38. The molecule has 3 aromatic rings. The first-order valence-corrected chi connectivity index (χ1v) is 6.75. The fourth-order valence-corrected chi connectivity index (χ4v) is 2.57. The largest absolute Gasteiger partial charge is 0.508 e.